The van der Waals surface area contributed by atoms with Crippen molar-refractivity contribution in [3.63, 3.8) is 0 Å². The summed E-state index contributed by atoms with van der Waals surface area (Å²) in [4.78, 5) is 30.1. The Labute approximate surface area is 146 Å². The lowest BCUT2D eigenvalue weighted by Crippen LogP contribution is -2.36. The molecule has 1 aromatic carbocycles. The van der Waals surface area contributed by atoms with Gasteiger partial charge in [-0.3, -0.25) is 14.2 Å². The number of halogens is 1. The summed E-state index contributed by atoms with van der Waals surface area (Å²) in [6, 6.07) is 4.31. The summed E-state index contributed by atoms with van der Waals surface area (Å²) in [6.45, 7) is 0.571. The quantitative estimate of drug-likeness (QED) is 0.831. The van der Waals surface area contributed by atoms with Crippen LogP contribution in [0.3, 0.4) is 0 Å². The highest BCUT2D eigenvalue weighted by molar-refractivity contribution is 7.99. The highest BCUT2D eigenvalue weighted by Crippen LogP contribution is 2.36. The van der Waals surface area contributed by atoms with Crippen molar-refractivity contribution in [3.8, 4) is 0 Å². The standard InChI is InChI=1S/C16H14FN3O2S2/c17-9-1-2-13-10(7-9)12(3-5-23-13)19-14(21)11-8-18-16-20(15(11)22)4-6-24-16/h1-2,7-8,12H,3-6H2,(H,19,21)/t12-/m0/s1. The second kappa shape index (κ2) is 6.25. The number of aromatic nitrogens is 2. The Bertz CT molecular complexity index is 884. The summed E-state index contributed by atoms with van der Waals surface area (Å²) in [5.41, 5.74) is 0.494. The minimum atomic E-state index is -0.452. The number of rotatable bonds is 2. The van der Waals surface area contributed by atoms with E-state index in [9.17, 15) is 14.0 Å². The second-order valence-electron chi connectivity index (χ2n) is 5.61. The van der Waals surface area contributed by atoms with Crippen molar-refractivity contribution in [2.75, 3.05) is 11.5 Å². The van der Waals surface area contributed by atoms with E-state index in [1.54, 1.807) is 17.8 Å². The Morgan fingerprint density at radius 3 is 3.08 bits per heavy atom. The Morgan fingerprint density at radius 2 is 2.21 bits per heavy atom. The topological polar surface area (TPSA) is 64.0 Å². The van der Waals surface area contributed by atoms with E-state index in [4.69, 9.17) is 0 Å². The van der Waals surface area contributed by atoms with Crippen molar-refractivity contribution < 1.29 is 9.18 Å². The molecule has 0 radical (unpaired) electrons. The average Bonchev–Trinajstić information content (AvgIpc) is 3.05. The van der Waals surface area contributed by atoms with Crippen LogP contribution in [-0.2, 0) is 6.54 Å². The summed E-state index contributed by atoms with van der Waals surface area (Å²) in [5, 5.41) is 3.52. The zero-order valence-corrected chi connectivity index (χ0v) is 14.3. The Morgan fingerprint density at radius 1 is 1.33 bits per heavy atom. The van der Waals surface area contributed by atoms with Crippen LogP contribution in [0.15, 0.2) is 39.2 Å². The van der Waals surface area contributed by atoms with Gasteiger partial charge in [0.05, 0.1) is 6.04 Å². The summed E-state index contributed by atoms with van der Waals surface area (Å²) >= 11 is 3.15. The van der Waals surface area contributed by atoms with Gasteiger partial charge in [0, 0.05) is 29.1 Å². The minimum absolute atomic E-state index is 0.0393. The Hall–Kier alpha value is -1.80. The highest BCUT2D eigenvalue weighted by Gasteiger charge is 2.26. The lowest BCUT2D eigenvalue weighted by molar-refractivity contribution is 0.0932. The molecule has 24 heavy (non-hydrogen) atoms. The third kappa shape index (κ3) is 2.73. The molecule has 0 saturated heterocycles. The zero-order valence-electron chi connectivity index (χ0n) is 12.6. The number of hydrogen-bond acceptors (Lipinski definition) is 5. The van der Waals surface area contributed by atoms with Crippen LogP contribution in [-0.4, -0.2) is 27.0 Å². The predicted molar refractivity (Wildman–Crippen MR) is 91.2 cm³/mol. The van der Waals surface area contributed by atoms with E-state index in [0.29, 0.717) is 18.1 Å². The maximum atomic E-state index is 13.6. The molecule has 1 amide bonds. The van der Waals surface area contributed by atoms with Crippen LogP contribution in [0.4, 0.5) is 4.39 Å². The van der Waals surface area contributed by atoms with Gasteiger partial charge < -0.3 is 5.32 Å². The van der Waals surface area contributed by atoms with E-state index in [1.807, 2.05) is 0 Å². The maximum absolute atomic E-state index is 13.6. The molecular weight excluding hydrogens is 349 g/mol. The average molecular weight is 363 g/mol. The van der Waals surface area contributed by atoms with Gasteiger partial charge in [0.2, 0.25) is 0 Å². The van der Waals surface area contributed by atoms with Crippen LogP contribution in [0.1, 0.15) is 28.4 Å². The number of carbonyl (C=O) groups excluding carboxylic acids is 1. The van der Waals surface area contributed by atoms with Gasteiger partial charge in [0.1, 0.15) is 11.4 Å². The molecule has 1 aromatic heterocycles. The van der Waals surface area contributed by atoms with Gasteiger partial charge in [-0.1, -0.05) is 11.8 Å². The Kier molecular flexibility index (Phi) is 4.09. The smallest absolute Gasteiger partial charge is 0.267 e. The first-order valence-corrected chi connectivity index (χ1v) is 9.56. The molecule has 1 N–H and O–H groups in total. The number of nitrogens with one attached hydrogen (secondary N) is 1. The van der Waals surface area contributed by atoms with Crippen LogP contribution >= 0.6 is 23.5 Å². The Balaban J connectivity index is 1.62. The van der Waals surface area contributed by atoms with Crippen molar-refractivity contribution in [2.24, 2.45) is 0 Å². The molecule has 0 unspecified atom stereocenters. The number of benzene rings is 1. The van der Waals surface area contributed by atoms with Crippen molar-refractivity contribution in [1.82, 2.24) is 14.9 Å². The van der Waals surface area contributed by atoms with E-state index in [-0.39, 0.29) is 23.0 Å². The minimum Gasteiger partial charge on any atom is -0.345 e. The van der Waals surface area contributed by atoms with Crippen LogP contribution in [0, 0.1) is 5.82 Å². The number of hydrogen-bond donors (Lipinski definition) is 1. The van der Waals surface area contributed by atoms with Crippen molar-refractivity contribution in [1.29, 1.82) is 0 Å². The van der Waals surface area contributed by atoms with Gasteiger partial charge in [-0.2, -0.15) is 0 Å². The van der Waals surface area contributed by atoms with E-state index >= 15 is 0 Å². The fourth-order valence-corrected chi connectivity index (χ4v) is 4.94. The molecule has 2 aliphatic rings. The molecular formula is C16H14FN3O2S2. The number of amides is 1. The molecule has 0 bridgehead atoms. The third-order valence-electron chi connectivity index (χ3n) is 4.12. The van der Waals surface area contributed by atoms with Crippen LogP contribution in [0.5, 0.6) is 0 Å². The number of carbonyl (C=O) groups is 1. The number of fused-ring (bicyclic) bond motifs is 2. The summed E-state index contributed by atoms with van der Waals surface area (Å²) < 4.78 is 15.1. The molecule has 0 saturated carbocycles. The molecule has 1 atom stereocenters. The SMILES string of the molecule is O=C(N[C@H]1CCSc2ccc(F)cc21)c1cnc2n(c1=O)CCS2. The third-order valence-corrected chi connectivity index (χ3v) is 6.21. The lowest BCUT2D eigenvalue weighted by atomic mass is 10.0. The van der Waals surface area contributed by atoms with Gasteiger partial charge >= 0.3 is 0 Å². The molecule has 0 spiro atoms. The molecule has 2 aliphatic heterocycles. The predicted octanol–water partition coefficient (Wildman–Crippen LogP) is 2.46. The van der Waals surface area contributed by atoms with Gasteiger partial charge in [-0.15, -0.1) is 11.8 Å². The number of nitrogens with zero attached hydrogens (tertiary/aromatic N) is 2. The first kappa shape index (κ1) is 15.7. The van der Waals surface area contributed by atoms with Gasteiger partial charge in [0.15, 0.2) is 5.16 Å². The highest BCUT2D eigenvalue weighted by atomic mass is 32.2. The van der Waals surface area contributed by atoms with Crippen molar-refractivity contribution >= 4 is 29.4 Å². The summed E-state index contributed by atoms with van der Waals surface area (Å²) in [7, 11) is 0. The van der Waals surface area contributed by atoms with Crippen LogP contribution in [0.2, 0.25) is 0 Å². The molecule has 4 rings (SSSR count). The fraction of sp³-hybridized carbons (Fsp3) is 0.312. The second-order valence-corrected chi connectivity index (χ2v) is 7.80. The maximum Gasteiger partial charge on any atom is 0.267 e. The van der Waals surface area contributed by atoms with Crippen molar-refractivity contribution in [3.05, 3.63) is 51.7 Å². The van der Waals surface area contributed by atoms with Crippen LogP contribution in [0.25, 0.3) is 0 Å². The largest absolute Gasteiger partial charge is 0.345 e. The van der Waals surface area contributed by atoms with Gasteiger partial charge in [0.25, 0.3) is 11.5 Å². The fourth-order valence-electron chi connectivity index (χ4n) is 2.92. The first-order valence-electron chi connectivity index (χ1n) is 7.59. The molecule has 8 heteroatoms. The summed E-state index contributed by atoms with van der Waals surface area (Å²) in [6.07, 6.45) is 2.04. The van der Waals surface area contributed by atoms with E-state index in [2.05, 4.69) is 10.3 Å². The molecule has 0 aliphatic carbocycles. The molecule has 5 nitrogen and oxygen atoms in total. The zero-order chi connectivity index (χ0) is 16.7. The summed E-state index contributed by atoms with van der Waals surface area (Å²) in [5.74, 6) is 0.847. The molecule has 2 aromatic rings. The van der Waals surface area contributed by atoms with E-state index < -0.39 is 5.91 Å². The van der Waals surface area contributed by atoms with E-state index in [1.165, 1.54) is 34.7 Å². The van der Waals surface area contributed by atoms with Crippen LogP contribution < -0.4 is 10.9 Å². The van der Waals surface area contributed by atoms with E-state index in [0.717, 1.165) is 22.0 Å². The van der Waals surface area contributed by atoms with Gasteiger partial charge in [-0.05, 0) is 30.2 Å². The number of thioether (sulfide) groups is 2. The first-order chi connectivity index (χ1) is 11.6. The monoisotopic (exact) mass is 363 g/mol. The molecule has 3 heterocycles. The normalized spacial score (nSPS) is 18.8. The molecule has 124 valence electrons. The van der Waals surface area contributed by atoms with Gasteiger partial charge in [-0.25, -0.2) is 9.37 Å². The molecule has 0 fully saturated rings. The lowest BCUT2D eigenvalue weighted by Gasteiger charge is -2.26. The van der Waals surface area contributed by atoms with Crippen molar-refractivity contribution in [2.45, 2.75) is 29.1 Å².